The van der Waals surface area contributed by atoms with Crippen LogP contribution in [0.1, 0.15) is 0 Å². The Balaban J connectivity index is 3.15. The van der Waals surface area contributed by atoms with Crippen LogP contribution in [0.15, 0.2) is 6.07 Å². The van der Waals surface area contributed by atoms with Gasteiger partial charge >= 0.3 is 5.69 Å². The molecule has 3 N–H and O–H groups in total. The van der Waals surface area contributed by atoms with E-state index in [1.165, 1.54) is 0 Å². The van der Waals surface area contributed by atoms with Gasteiger partial charge in [0.2, 0.25) is 0 Å². The van der Waals surface area contributed by atoms with E-state index in [2.05, 4.69) is 0 Å². The van der Waals surface area contributed by atoms with Crippen molar-refractivity contribution in [2.75, 3.05) is 0 Å². The van der Waals surface area contributed by atoms with Crippen LogP contribution in [-0.4, -0.2) is 20.1 Å². The molecule has 0 saturated carbocycles. The van der Waals surface area contributed by atoms with E-state index < -0.39 is 22.4 Å². The molecular weight excluding hydrogens is 140 g/mol. The van der Waals surface area contributed by atoms with Crippen molar-refractivity contribution < 1.29 is 15.1 Å². The number of aromatic amines is 1. The molecule has 0 spiro atoms. The maximum absolute atomic E-state index is 9.95. The van der Waals surface area contributed by atoms with Crippen molar-refractivity contribution in [3.63, 3.8) is 0 Å². The van der Waals surface area contributed by atoms with Crippen LogP contribution >= 0.6 is 0 Å². The van der Waals surface area contributed by atoms with Gasteiger partial charge in [0.05, 0.1) is 11.0 Å². The summed E-state index contributed by atoms with van der Waals surface area (Å²) < 4.78 is 0. The van der Waals surface area contributed by atoms with Gasteiger partial charge in [-0.2, -0.15) is 0 Å². The van der Waals surface area contributed by atoms with Crippen LogP contribution in [0.25, 0.3) is 0 Å². The van der Waals surface area contributed by atoms with E-state index in [1.54, 1.807) is 0 Å². The minimum Gasteiger partial charge on any atom is -0.494 e. The molecule has 0 aromatic carbocycles. The molecule has 0 saturated heterocycles. The van der Waals surface area contributed by atoms with Crippen LogP contribution in [0.5, 0.6) is 11.8 Å². The zero-order valence-corrected chi connectivity index (χ0v) is 4.74. The first-order valence-corrected chi connectivity index (χ1v) is 2.36. The van der Waals surface area contributed by atoms with E-state index in [4.69, 9.17) is 10.2 Å². The van der Waals surface area contributed by atoms with E-state index in [9.17, 15) is 10.1 Å². The van der Waals surface area contributed by atoms with Crippen LogP contribution in [0.4, 0.5) is 5.69 Å². The Hall–Kier alpha value is -1.72. The summed E-state index contributed by atoms with van der Waals surface area (Å²) in [7, 11) is 0. The van der Waals surface area contributed by atoms with Gasteiger partial charge in [-0.15, -0.1) is 0 Å². The summed E-state index contributed by atoms with van der Waals surface area (Å²) in [6.07, 6.45) is 0. The molecule has 0 fully saturated rings. The Morgan fingerprint density at radius 2 is 2.20 bits per heavy atom. The molecule has 0 atom stereocenters. The molecule has 0 radical (unpaired) electrons. The number of hydrogen-bond acceptors (Lipinski definition) is 4. The summed E-state index contributed by atoms with van der Waals surface area (Å²) in [5.74, 6) is -1.06. The number of aromatic nitrogens is 1. The highest BCUT2D eigenvalue weighted by Crippen LogP contribution is 2.28. The second kappa shape index (κ2) is 1.90. The normalized spacial score (nSPS) is 9.60. The molecular formula is C4H4N2O4. The van der Waals surface area contributed by atoms with Crippen molar-refractivity contribution in [2.24, 2.45) is 0 Å². The third-order valence-electron chi connectivity index (χ3n) is 0.959. The molecule has 0 unspecified atom stereocenters. The van der Waals surface area contributed by atoms with Gasteiger partial charge < -0.3 is 10.2 Å². The zero-order valence-electron chi connectivity index (χ0n) is 4.74. The lowest BCUT2D eigenvalue weighted by atomic mass is 10.5. The summed E-state index contributed by atoms with van der Waals surface area (Å²) in [6, 6.07) is 0.829. The quantitative estimate of drug-likeness (QED) is 0.390. The first-order valence-electron chi connectivity index (χ1n) is 2.36. The lowest BCUT2D eigenvalue weighted by Crippen LogP contribution is -1.83. The molecule has 10 heavy (non-hydrogen) atoms. The van der Waals surface area contributed by atoms with Gasteiger partial charge in [0.15, 0.2) is 5.88 Å². The highest BCUT2D eigenvalue weighted by atomic mass is 16.6. The number of nitrogens with zero attached hydrogens (tertiary/aromatic N) is 1. The lowest BCUT2D eigenvalue weighted by Gasteiger charge is -1.82. The van der Waals surface area contributed by atoms with Crippen LogP contribution in [0.2, 0.25) is 0 Å². The van der Waals surface area contributed by atoms with Crippen molar-refractivity contribution in [2.45, 2.75) is 0 Å². The van der Waals surface area contributed by atoms with E-state index in [0.717, 1.165) is 6.07 Å². The number of aromatic hydroxyl groups is 2. The topological polar surface area (TPSA) is 99.4 Å². The highest BCUT2D eigenvalue weighted by Gasteiger charge is 2.16. The van der Waals surface area contributed by atoms with Gasteiger partial charge in [-0.3, -0.25) is 15.1 Å². The van der Waals surface area contributed by atoms with Crippen LogP contribution in [0.3, 0.4) is 0 Å². The number of rotatable bonds is 1. The molecule has 0 amide bonds. The molecule has 6 nitrogen and oxygen atoms in total. The molecule has 54 valence electrons. The number of H-pyrrole nitrogens is 1. The Morgan fingerprint density at radius 1 is 1.60 bits per heavy atom. The van der Waals surface area contributed by atoms with E-state index in [0.29, 0.717) is 0 Å². The minimum atomic E-state index is -0.800. The Kier molecular flexibility index (Phi) is 1.22. The summed E-state index contributed by atoms with van der Waals surface area (Å²) in [6.45, 7) is 0. The molecule has 0 bridgehead atoms. The van der Waals surface area contributed by atoms with Crippen LogP contribution in [0, 0.1) is 10.1 Å². The van der Waals surface area contributed by atoms with Crippen molar-refractivity contribution in [1.29, 1.82) is 0 Å². The summed E-state index contributed by atoms with van der Waals surface area (Å²) >= 11 is 0. The van der Waals surface area contributed by atoms with Crippen molar-refractivity contribution in [3.8, 4) is 11.8 Å². The number of nitro groups is 1. The first kappa shape index (κ1) is 6.40. The van der Waals surface area contributed by atoms with Crippen LogP contribution < -0.4 is 0 Å². The largest absolute Gasteiger partial charge is 0.494 e. The Morgan fingerprint density at radius 3 is 2.40 bits per heavy atom. The van der Waals surface area contributed by atoms with Gasteiger partial charge in [0, 0.05) is 0 Å². The third kappa shape index (κ3) is 0.859. The molecule has 6 heteroatoms. The standard InChI is InChI=1S/C4H4N2O4/c7-3-1-2(6(9)10)4(8)5-3/h1,5,7-8H. The molecule has 1 aromatic heterocycles. The molecule has 1 heterocycles. The zero-order chi connectivity index (χ0) is 7.72. The molecule has 0 aliphatic carbocycles. The van der Waals surface area contributed by atoms with Gasteiger partial charge in [0.25, 0.3) is 5.88 Å². The lowest BCUT2D eigenvalue weighted by molar-refractivity contribution is -0.385. The van der Waals surface area contributed by atoms with Crippen molar-refractivity contribution in [1.82, 2.24) is 4.98 Å². The number of hydrogen-bond donors (Lipinski definition) is 3. The predicted molar refractivity (Wildman–Crippen MR) is 30.8 cm³/mol. The average Bonchev–Trinajstić information content (AvgIpc) is 2.10. The van der Waals surface area contributed by atoms with Gasteiger partial charge in [0.1, 0.15) is 0 Å². The molecule has 0 aliphatic rings. The average molecular weight is 144 g/mol. The molecule has 1 aromatic rings. The number of nitrogens with one attached hydrogen (secondary N) is 1. The maximum atomic E-state index is 9.95. The Labute approximate surface area is 54.9 Å². The van der Waals surface area contributed by atoms with Gasteiger partial charge in [-0.1, -0.05) is 0 Å². The SMILES string of the molecule is O=[N+]([O-])c1cc(O)[nH]c1O. The van der Waals surface area contributed by atoms with Gasteiger partial charge in [-0.05, 0) is 0 Å². The van der Waals surface area contributed by atoms with E-state index >= 15 is 0 Å². The van der Waals surface area contributed by atoms with Crippen molar-refractivity contribution in [3.05, 3.63) is 16.2 Å². The second-order valence-corrected chi connectivity index (χ2v) is 1.65. The Bertz CT molecular complexity index is 266. The fourth-order valence-electron chi connectivity index (χ4n) is 0.558. The van der Waals surface area contributed by atoms with Gasteiger partial charge in [-0.25, -0.2) is 0 Å². The first-order chi connectivity index (χ1) is 4.61. The van der Waals surface area contributed by atoms with Crippen LogP contribution in [-0.2, 0) is 0 Å². The highest BCUT2D eigenvalue weighted by molar-refractivity contribution is 5.45. The summed E-state index contributed by atoms with van der Waals surface area (Å²) in [5.41, 5.74) is -0.530. The minimum absolute atomic E-state index is 0.427. The van der Waals surface area contributed by atoms with Crippen molar-refractivity contribution >= 4 is 5.69 Å². The summed E-state index contributed by atoms with van der Waals surface area (Å²) in [5, 5.41) is 27.2. The monoisotopic (exact) mass is 144 g/mol. The molecule has 1 rings (SSSR count). The predicted octanol–water partition coefficient (Wildman–Crippen LogP) is 0.334. The van der Waals surface area contributed by atoms with E-state index in [-0.39, 0.29) is 0 Å². The fraction of sp³-hybridized carbons (Fsp3) is 0. The fourth-order valence-corrected chi connectivity index (χ4v) is 0.558. The maximum Gasteiger partial charge on any atom is 0.334 e. The molecule has 0 aliphatic heterocycles. The smallest absolute Gasteiger partial charge is 0.334 e. The summed E-state index contributed by atoms with van der Waals surface area (Å²) in [4.78, 5) is 11.1. The third-order valence-corrected chi connectivity index (χ3v) is 0.959. The van der Waals surface area contributed by atoms with E-state index in [1.807, 2.05) is 4.98 Å². The second-order valence-electron chi connectivity index (χ2n) is 1.65.